The molecule has 1 unspecified atom stereocenters. The number of nitrogens with two attached hydrogens (primary N) is 1. The van der Waals surface area contributed by atoms with Gasteiger partial charge in [-0.1, -0.05) is 36.4 Å². The van der Waals surface area contributed by atoms with Gasteiger partial charge in [-0.3, -0.25) is 9.59 Å². The molecule has 2 aromatic rings. The number of carbonyl (C=O) groups is 2. The molecule has 7 nitrogen and oxygen atoms in total. The zero-order valence-electron chi connectivity index (χ0n) is 22.7. The van der Waals surface area contributed by atoms with Gasteiger partial charge in [0.1, 0.15) is 5.75 Å². The molecule has 1 heterocycles. The van der Waals surface area contributed by atoms with Gasteiger partial charge in [-0.05, 0) is 80.7 Å². The third kappa shape index (κ3) is 9.48. The van der Waals surface area contributed by atoms with Crippen LogP contribution in [-0.4, -0.2) is 55.0 Å². The molecule has 0 aliphatic carbocycles. The summed E-state index contributed by atoms with van der Waals surface area (Å²) in [5, 5.41) is 6.50. The fourth-order valence-corrected chi connectivity index (χ4v) is 4.82. The maximum absolute atomic E-state index is 13.1. The fraction of sp³-hybridized carbons (Fsp3) is 0.533. The second kappa shape index (κ2) is 14.7. The maximum atomic E-state index is 13.1. The van der Waals surface area contributed by atoms with Crippen molar-refractivity contribution < 1.29 is 14.3 Å². The molecule has 4 N–H and O–H groups in total. The standard InChI is InChI=1S/C30H44N4O3/c1-22-11-13-28(37-17-15-26-10-7-16-34(21-26)24(3)35)18-27(22)20-32-30(36)29(33-23(2)19-31)14-12-25-8-5-4-6-9-25/h4-6,8-9,11,13,18,23,26,29,33H,7,10,12,14-17,19-21,31H2,1-3H3,(H,32,36)/t23?,26-,29+/m1/s1. The number of ether oxygens (including phenoxy) is 1. The molecular formula is C30H44N4O3. The quantitative estimate of drug-likeness (QED) is 0.384. The molecule has 0 saturated carbocycles. The van der Waals surface area contributed by atoms with Crippen LogP contribution in [0.5, 0.6) is 5.75 Å². The summed E-state index contributed by atoms with van der Waals surface area (Å²) >= 11 is 0. The summed E-state index contributed by atoms with van der Waals surface area (Å²) in [4.78, 5) is 26.8. The lowest BCUT2D eigenvalue weighted by molar-refractivity contribution is -0.130. The lowest BCUT2D eigenvalue weighted by Gasteiger charge is -2.32. The Hall–Kier alpha value is -2.90. The molecule has 0 bridgehead atoms. The molecule has 1 aliphatic rings. The highest BCUT2D eigenvalue weighted by atomic mass is 16.5. The molecule has 37 heavy (non-hydrogen) atoms. The number of piperidine rings is 1. The van der Waals surface area contributed by atoms with Crippen molar-refractivity contribution in [3.05, 3.63) is 65.2 Å². The van der Waals surface area contributed by atoms with E-state index in [2.05, 4.69) is 22.8 Å². The minimum Gasteiger partial charge on any atom is -0.494 e. The molecule has 0 radical (unpaired) electrons. The number of rotatable bonds is 13. The fourth-order valence-electron chi connectivity index (χ4n) is 4.82. The number of nitrogens with zero attached hydrogens (tertiary/aromatic N) is 1. The van der Waals surface area contributed by atoms with Gasteiger partial charge in [0.15, 0.2) is 0 Å². The van der Waals surface area contributed by atoms with Crippen molar-refractivity contribution in [3.63, 3.8) is 0 Å². The highest BCUT2D eigenvalue weighted by Gasteiger charge is 2.22. The number of hydrogen-bond acceptors (Lipinski definition) is 5. The minimum atomic E-state index is -0.316. The number of amides is 2. The topological polar surface area (TPSA) is 96.7 Å². The van der Waals surface area contributed by atoms with Crippen LogP contribution in [0.1, 0.15) is 56.2 Å². The van der Waals surface area contributed by atoms with Gasteiger partial charge in [0.05, 0.1) is 12.6 Å². The number of likely N-dealkylation sites (tertiary alicyclic amines) is 1. The van der Waals surface area contributed by atoms with Gasteiger partial charge >= 0.3 is 0 Å². The molecule has 202 valence electrons. The van der Waals surface area contributed by atoms with E-state index in [0.29, 0.717) is 32.0 Å². The minimum absolute atomic E-state index is 0.0192. The second-order valence-corrected chi connectivity index (χ2v) is 10.3. The first kappa shape index (κ1) is 28.7. The first-order valence-electron chi connectivity index (χ1n) is 13.6. The van der Waals surface area contributed by atoms with Crippen molar-refractivity contribution in [2.45, 2.75) is 71.5 Å². The molecule has 7 heteroatoms. The van der Waals surface area contributed by atoms with Crippen LogP contribution in [0, 0.1) is 12.8 Å². The average molecular weight is 509 g/mol. The Balaban J connectivity index is 1.52. The molecule has 2 amide bonds. The van der Waals surface area contributed by atoms with Gasteiger partial charge in [-0.15, -0.1) is 0 Å². The van der Waals surface area contributed by atoms with E-state index in [1.165, 1.54) is 5.56 Å². The van der Waals surface area contributed by atoms with Crippen LogP contribution in [-0.2, 0) is 22.6 Å². The Bertz CT molecular complexity index is 998. The maximum Gasteiger partial charge on any atom is 0.237 e. The molecule has 2 aromatic carbocycles. The van der Waals surface area contributed by atoms with Crippen LogP contribution >= 0.6 is 0 Å². The van der Waals surface area contributed by atoms with Crippen molar-refractivity contribution in [3.8, 4) is 5.75 Å². The number of benzene rings is 2. The van der Waals surface area contributed by atoms with E-state index in [1.54, 1.807) is 6.92 Å². The lowest BCUT2D eigenvalue weighted by Crippen LogP contribution is -2.49. The summed E-state index contributed by atoms with van der Waals surface area (Å²) in [6, 6.07) is 16.0. The van der Waals surface area contributed by atoms with Crippen molar-refractivity contribution in [1.29, 1.82) is 0 Å². The molecule has 1 aliphatic heterocycles. The van der Waals surface area contributed by atoms with Crippen molar-refractivity contribution in [2.24, 2.45) is 11.7 Å². The van der Waals surface area contributed by atoms with E-state index in [9.17, 15) is 9.59 Å². The van der Waals surface area contributed by atoms with Crippen molar-refractivity contribution in [1.82, 2.24) is 15.5 Å². The smallest absolute Gasteiger partial charge is 0.237 e. The van der Waals surface area contributed by atoms with Gasteiger partial charge in [0.2, 0.25) is 11.8 Å². The van der Waals surface area contributed by atoms with Crippen LogP contribution in [0.2, 0.25) is 0 Å². The van der Waals surface area contributed by atoms with E-state index in [-0.39, 0.29) is 23.9 Å². The number of nitrogens with one attached hydrogen (secondary N) is 2. The molecule has 3 atom stereocenters. The van der Waals surface area contributed by atoms with Gasteiger partial charge in [0, 0.05) is 39.1 Å². The van der Waals surface area contributed by atoms with Gasteiger partial charge in [-0.2, -0.15) is 0 Å². The van der Waals surface area contributed by atoms with Gasteiger partial charge in [-0.25, -0.2) is 0 Å². The summed E-state index contributed by atoms with van der Waals surface area (Å²) in [6.45, 7) is 8.92. The van der Waals surface area contributed by atoms with Gasteiger partial charge < -0.3 is 26.0 Å². The highest BCUT2D eigenvalue weighted by molar-refractivity contribution is 5.81. The van der Waals surface area contributed by atoms with E-state index in [0.717, 1.165) is 55.6 Å². The molecule has 3 rings (SSSR count). The third-order valence-corrected chi connectivity index (χ3v) is 7.25. The number of aryl methyl sites for hydroxylation is 2. The molecule has 1 fully saturated rings. The monoisotopic (exact) mass is 508 g/mol. The van der Waals surface area contributed by atoms with Crippen LogP contribution in [0.3, 0.4) is 0 Å². The zero-order valence-corrected chi connectivity index (χ0v) is 22.7. The van der Waals surface area contributed by atoms with Crippen molar-refractivity contribution in [2.75, 3.05) is 26.2 Å². The van der Waals surface area contributed by atoms with E-state index >= 15 is 0 Å². The number of carbonyl (C=O) groups excluding carboxylic acids is 2. The summed E-state index contributed by atoms with van der Waals surface area (Å²) in [5.74, 6) is 1.43. The average Bonchev–Trinajstić information content (AvgIpc) is 2.91. The summed E-state index contributed by atoms with van der Waals surface area (Å²) in [5.41, 5.74) is 9.18. The Morgan fingerprint density at radius 2 is 1.97 bits per heavy atom. The Kier molecular flexibility index (Phi) is 11.4. The molecular weight excluding hydrogens is 464 g/mol. The van der Waals surface area contributed by atoms with Crippen LogP contribution in [0.4, 0.5) is 0 Å². The molecule has 0 spiro atoms. The molecule has 0 aromatic heterocycles. The number of hydrogen-bond donors (Lipinski definition) is 3. The Morgan fingerprint density at radius 1 is 1.19 bits per heavy atom. The normalized spacial score (nSPS) is 17.2. The van der Waals surface area contributed by atoms with E-state index in [1.807, 2.05) is 55.1 Å². The first-order valence-corrected chi connectivity index (χ1v) is 13.6. The Labute approximate surface area is 222 Å². The third-order valence-electron chi connectivity index (χ3n) is 7.25. The largest absolute Gasteiger partial charge is 0.494 e. The SMILES string of the molecule is CC(=O)N1CCC[C@H](CCOc2ccc(C)c(CNC(=O)[C@H](CCc3ccccc3)NC(C)CN)c2)C1. The predicted molar refractivity (Wildman–Crippen MR) is 148 cm³/mol. The Morgan fingerprint density at radius 3 is 2.70 bits per heavy atom. The van der Waals surface area contributed by atoms with Crippen molar-refractivity contribution >= 4 is 11.8 Å². The second-order valence-electron chi connectivity index (χ2n) is 10.3. The molecule has 1 saturated heterocycles. The zero-order chi connectivity index (χ0) is 26.6. The van der Waals surface area contributed by atoms with Crippen LogP contribution in [0.25, 0.3) is 0 Å². The highest BCUT2D eigenvalue weighted by Crippen LogP contribution is 2.22. The van der Waals surface area contributed by atoms with E-state index in [4.69, 9.17) is 10.5 Å². The summed E-state index contributed by atoms with van der Waals surface area (Å²) in [7, 11) is 0. The van der Waals surface area contributed by atoms with E-state index < -0.39 is 0 Å². The summed E-state index contributed by atoms with van der Waals surface area (Å²) in [6.07, 6.45) is 4.64. The first-order chi connectivity index (χ1) is 17.9. The lowest BCUT2D eigenvalue weighted by atomic mass is 9.95. The van der Waals surface area contributed by atoms with Gasteiger partial charge in [0.25, 0.3) is 0 Å². The summed E-state index contributed by atoms with van der Waals surface area (Å²) < 4.78 is 6.07. The predicted octanol–water partition coefficient (Wildman–Crippen LogP) is 3.58. The van der Waals surface area contributed by atoms with Crippen LogP contribution in [0.15, 0.2) is 48.5 Å². The van der Waals surface area contributed by atoms with Crippen LogP contribution < -0.4 is 21.1 Å².